The lowest BCUT2D eigenvalue weighted by Crippen LogP contribution is -1.98. The van der Waals surface area contributed by atoms with Gasteiger partial charge >= 0.3 is 0 Å². The quantitative estimate of drug-likeness (QED) is 0.738. The molecule has 1 nitrogen and oxygen atoms in total. The van der Waals surface area contributed by atoms with Gasteiger partial charge < -0.3 is 5.73 Å². The van der Waals surface area contributed by atoms with Crippen LogP contribution in [0.25, 0.3) is 0 Å². The van der Waals surface area contributed by atoms with Gasteiger partial charge in [-0.05, 0) is 24.1 Å². The molecule has 0 aliphatic carbocycles. The van der Waals surface area contributed by atoms with E-state index in [0.29, 0.717) is 6.54 Å². The minimum atomic E-state index is 0.616. The molecule has 54 valence electrons. The maximum absolute atomic E-state index is 5.50. The number of hydrogen-bond donors (Lipinski definition) is 1. The Labute approximate surface area is 69.4 Å². The summed E-state index contributed by atoms with van der Waals surface area (Å²) >= 11 is 3.43. The molecule has 0 unspecified atom stereocenters. The predicted octanol–water partition coefficient (Wildman–Crippen LogP) is 2.22. The Morgan fingerprint density at radius 1 is 1.50 bits per heavy atom. The average Bonchev–Trinajstić information content (AvgIpc) is 1.95. The van der Waals surface area contributed by atoms with Crippen LogP contribution in [0.1, 0.15) is 11.1 Å². The summed E-state index contributed by atoms with van der Waals surface area (Å²) in [4.78, 5) is 0. The van der Waals surface area contributed by atoms with Crippen molar-refractivity contribution in [2.24, 2.45) is 5.73 Å². The Morgan fingerprint density at radius 3 is 2.70 bits per heavy atom. The van der Waals surface area contributed by atoms with E-state index in [9.17, 15) is 0 Å². The van der Waals surface area contributed by atoms with Gasteiger partial charge in [-0.2, -0.15) is 0 Å². The van der Waals surface area contributed by atoms with E-state index < -0.39 is 0 Å². The molecular formula is C8H10BrN. The zero-order valence-electron chi connectivity index (χ0n) is 5.89. The molecule has 1 rings (SSSR count). The first-order chi connectivity index (χ1) is 4.75. The van der Waals surface area contributed by atoms with Gasteiger partial charge in [-0.3, -0.25) is 0 Å². The molecule has 0 amide bonds. The van der Waals surface area contributed by atoms with Crippen molar-refractivity contribution in [3.05, 3.63) is 33.8 Å². The van der Waals surface area contributed by atoms with Crippen molar-refractivity contribution in [3.63, 3.8) is 0 Å². The largest absolute Gasteiger partial charge is 0.326 e. The lowest BCUT2D eigenvalue weighted by Gasteiger charge is -2.02. The van der Waals surface area contributed by atoms with Crippen LogP contribution in [0.15, 0.2) is 22.7 Å². The monoisotopic (exact) mass is 199 g/mol. The fourth-order valence-electron chi connectivity index (χ4n) is 0.873. The van der Waals surface area contributed by atoms with E-state index in [1.807, 2.05) is 18.2 Å². The molecule has 0 radical (unpaired) electrons. The number of benzene rings is 1. The Morgan fingerprint density at radius 2 is 2.20 bits per heavy atom. The zero-order chi connectivity index (χ0) is 7.56. The minimum Gasteiger partial charge on any atom is -0.326 e. The molecule has 10 heavy (non-hydrogen) atoms. The molecule has 0 aliphatic rings. The van der Waals surface area contributed by atoms with Gasteiger partial charge in [-0.15, -0.1) is 0 Å². The molecule has 1 aromatic rings. The summed E-state index contributed by atoms with van der Waals surface area (Å²) < 4.78 is 1.13. The summed E-state index contributed by atoms with van der Waals surface area (Å²) in [6.07, 6.45) is 0. The molecule has 0 aromatic heterocycles. The fourth-order valence-corrected chi connectivity index (χ4v) is 1.28. The molecule has 0 bridgehead atoms. The van der Waals surface area contributed by atoms with Gasteiger partial charge in [0.1, 0.15) is 0 Å². The molecule has 0 saturated heterocycles. The van der Waals surface area contributed by atoms with E-state index in [-0.39, 0.29) is 0 Å². The Bertz CT molecular complexity index is 233. The maximum atomic E-state index is 5.50. The number of rotatable bonds is 1. The van der Waals surface area contributed by atoms with E-state index in [4.69, 9.17) is 5.73 Å². The van der Waals surface area contributed by atoms with Crippen molar-refractivity contribution >= 4 is 15.9 Å². The molecule has 0 heterocycles. The van der Waals surface area contributed by atoms with E-state index in [1.165, 1.54) is 11.1 Å². The SMILES string of the molecule is Cc1c(Br)cccc1CN. The molecule has 0 fully saturated rings. The van der Waals surface area contributed by atoms with Crippen molar-refractivity contribution in [3.8, 4) is 0 Å². The Kier molecular flexibility index (Phi) is 2.46. The van der Waals surface area contributed by atoms with E-state index >= 15 is 0 Å². The van der Waals surface area contributed by atoms with Crippen molar-refractivity contribution < 1.29 is 0 Å². The first-order valence-electron chi connectivity index (χ1n) is 3.19. The third-order valence-electron chi connectivity index (χ3n) is 1.60. The van der Waals surface area contributed by atoms with Gasteiger partial charge in [0.2, 0.25) is 0 Å². The molecule has 1 aromatic carbocycles. The van der Waals surface area contributed by atoms with Crippen LogP contribution in [-0.4, -0.2) is 0 Å². The van der Waals surface area contributed by atoms with Gasteiger partial charge in [0.15, 0.2) is 0 Å². The minimum absolute atomic E-state index is 0.616. The van der Waals surface area contributed by atoms with Crippen molar-refractivity contribution in [1.29, 1.82) is 0 Å². The highest BCUT2D eigenvalue weighted by atomic mass is 79.9. The topological polar surface area (TPSA) is 26.0 Å². The maximum Gasteiger partial charge on any atom is 0.0207 e. The third kappa shape index (κ3) is 1.39. The van der Waals surface area contributed by atoms with Gasteiger partial charge in [-0.25, -0.2) is 0 Å². The van der Waals surface area contributed by atoms with Crippen LogP contribution < -0.4 is 5.73 Å². The Balaban J connectivity index is 3.14. The van der Waals surface area contributed by atoms with Crippen LogP contribution >= 0.6 is 15.9 Å². The highest BCUT2D eigenvalue weighted by molar-refractivity contribution is 9.10. The van der Waals surface area contributed by atoms with E-state index in [2.05, 4.69) is 22.9 Å². The van der Waals surface area contributed by atoms with Crippen molar-refractivity contribution in [2.75, 3.05) is 0 Å². The number of halogens is 1. The predicted molar refractivity (Wildman–Crippen MR) is 46.8 cm³/mol. The van der Waals surface area contributed by atoms with Gasteiger partial charge in [-0.1, -0.05) is 28.1 Å². The molecule has 0 spiro atoms. The van der Waals surface area contributed by atoms with Crippen molar-refractivity contribution in [1.82, 2.24) is 0 Å². The second-order valence-electron chi connectivity index (χ2n) is 2.23. The summed E-state index contributed by atoms with van der Waals surface area (Å²) in [6.45, 7) is 2.68. The first kappa shape index (κ1) is 7.76. The second-order valence-corrected chi connectivity index (χ2v) is 3.08. The van der Waals surface area contributed by atoms with Crippen molar-refractivity contribution in [2.45, 2.75) is 13.5 Å². The molecule has 0 saturated carbocycles. The van der Waals surface area contributed by atoms with E-state index in [0.717, 1.165) is 4.47 Å². The van der Waals surface area contributed by atoms with Gasteiger partial charge in [0, 0.05) is 11.0 Å². The zero-order valence-corrected chi connectivity index (χ0v) is 7.48. The summed E-state index contributed by atoms with van der Waals surface area (Å²) in [6, 6.07) is 6.06. The van der Waals surface area contributed by atoms with Crippen LogP contribution in [0.5, 0.6) is 0 Å². The van der Waals surface area contributed by atoms with Crippen LogP contribution in [0.2, 0.25) is 0 Å². The van der Waals surface area contributed by atoms with Crippen LogP contribution in [0.3, 0.4) is 0 Å². The smallest absolute Gasteiger partial charge is 0.0207 e. The summed E-state index contributed by atoms with van der Waals surface area (Å²) in [5.41, 5.74) is 7.94. The van der Waals surface area contributed by atoms with Crippen LogP contribution in [-0.2, 0) is 6.54 Å². The summed E-state index contributed by atoms with van der Waals surface area (Å²) in [7, 11) is 0. The molecule has 2 N–H and O–H groups in total. The number of nitrogens with two attached hydrogens (primary N) is 1. The highest BCUT2D eigenvalue weighted by Gasteiger charge is 1.97. The summed E-state index contributed by atoms with van der Waals surface area (Å²) in [5, 5.41) is 0. The molecule has 0 atom stereocenters. The fraction of sp³-hybridized carbons (Fsp3) is 0.250. The van der Waals surface area contributed by atoms with E-state index in [1.54, 1.807) is 0 Å². The average molecular weight is 200 g/mol. The Hall–Kier alpha value is -0.340. The lowest BCUT2D eigenvalue weighted by atomic mass is 10.1. The normalized spacial score (nSPS) is 9.90. The summed E-state index contributed by atoms with van der Waals surface area (Å²) in [5.74, 6) is 0. The third-order valence-corrected chi connectivity index (χ3v) is 2.46. The lowest BCUT2D eigenvalue weighted by molar-refractivity contribution is 1.05. The molecule has 2 heteroatoms. The van der Waals surface area contributed by atoms with Crippen LogP contribution in [0.4, 0.5) is 0 Å². The van der Waals surface area contributed by atoms with Gasteiger partial charge in [0.25, 0.3) is 0 Å². The second kappa shape index (κ2) is 3.17. The first-order valence-corrected chi connectivity index (χ1v) is 3.99. The van der Waals surface area contributed by atoms with Gasteiger partial charge in [0.05, 0.1) is 0 Å². The number of hydrogen-bond acceptors (Lipinski definition) is 1. The van der Waals surface area contributed by atoms with Crippen LogP contribution in [0, 0.1) is 6.92 Å². The molecular weight excluding hydrogens is 190 g/mol. The standard InChI is InChI=1S/C8H10BrN/c1-6-7(5-10)3-2-4-8(6)9/h2-4H,5,10H2,1H3. The highest BCUT2D eigenvalue weighted by Crippen LogP contribution is 2.18. The molecule has 0 aliphatic heterocycles.